The minimum atomic E-state index is -3.81. The number of nitrogens with zero attached hydrogens (tertiary/aromatic N) is 3. The molecule has 0 unspecified atom stereocenters. The van der Waals surface area contributed by atoms with Gasteiger partial charge in [-0.2, -0.15) is 4.31 Å². The van der Waals surface area contributed by atoms with Crippen LogP contribution >= 0.6 is 0 Å². The lowest BCUT2D eigenvalue weighted by Gasteiger charge is -2.31. The van der Waals surface area contributed by atoms with E-state index in [1.165, 1.54) is 16.4 Å². The monoisotopic (exact) mass is 427 g/mol. The van der Waals surface area contributed by atoms with E-state index < -0.39 is 20.6 Å². The van der Waals surface area contributed by atoms with Crippen molar-refractivity contribution >= 4 is 26.5 Å². The van der Waals surface area contributed by atoms with E-state index in [4.69, 9.17) is 4.74 Å². The van der Waals surface area contributed by atoms with E-state index in [2.05, 4.69) is 0 Å². The van der Waals surface area contributed by atoms with Crippen molar-refractivity contribution in [2.24, 2.45) is 0 Å². The molecule has 3 aromatic carbocycles. The van der Waals surface area contributed by atoms with Crippen LogP contribution < -0.4 is 4.74 Å². The van der Waals surface area contributed by atoms with Crippen molar-refractivity contribution in [2.45, 2.75) is 4.90 Å². The number of benzene rings is 3. The number of nitro groups is 1. The molecule has 8 nitrogen and oxygen atoms in total. The van der Waals surface area contributed by atoms with E-state index in [-0.39, 0.29) is 10.6 Å². The van der Waals surface area contributed by atoms with Gasteiger partial charge in [-0.25, -0.2) is 8.42 Å². The van der Waals surface area contributed by atoms with E-state index in [1.54, 1.807) is 12.1 Å². The van der Waals surface area contributed by atoms with Crippen molar-refractivity contribution in [1.82, 2.24) is 9.21 Å². The van der Waals surface area contributed by atoms with Crippen LogP contribution in [0.1, 0.15) is 0 Å². The van der Waals surface area contributed by atoms with Crippen molar-refractivity contribution in [3.8, 4) is 11.5 Å². The molecule has 1 heterocycles. The van der Waals surface area contributed by atoms with Crippen molar-refractivity contribution < 1.29 is 18.1 Å². The maximum absolute atomic E-state index is 12.9. The van der Waals surface area contributed by atoms with Gasteiger partial charge in [0, 0.05) is 32.2 Å². The highest BCUT2D eigenvalue weighted by atomic mass is 32.2. The van der Waals surface area contributed by atoms with Gasteiger partial charge in [-0.3, -0.25) is 10.1 Å². The molecule has 4 rings (SSSR count). The Labute approximate surface area is 174 Å². The topological polar surface area (TPSA) is 93.0 Å². The second kappa shape index (κ2) is 8.02. The number of nitro benzene ring substituents is 1. The Bertz CT molecular complexity index is 1200. The molecule has 3 aromatic rings. The third-order valence-corrected chi connectivity index (χ3v) is 7.07. The van der Waals surface area contributed by atoms with E-state index in [9.17, 15) is 18.5 Å². The van der Waals surface area contributed by atoms with Crippen molar-refractivity contribution in [1.29, 1.82) is 0 Å². The first-order valence-electron chi connectivity index (χ1n) is 9.48. The molecular formula is C21H21N3O5S. The Morgan fingerprint density at radius 1 is 0.933 bits per heavy atom. The van der Waals surface area contributed by atoms with Gasteiger partial charge in [-0.1, -0.05) is 30.3 Å². The summed E-state index contributed by atoms with van der Waals surface area (Å²) in [5.74, 6) is 0.430. The highest BCUT2D eigenvalue weighted by Crippen LogP contribution is 2.35. The summed E-state index contributed by atoms with van der Waals surface area (Å²) in [5.41, 5.74) is -0.390. The van der Waals surface area contributed by atoms with Crippen LogP contribution in [0.3, 0.4) is 0 Å². The second-order valence-electron chi connectivity index (χ2n) is 7.21. The Kier molecular flexibility index (Phi) is 5.42. The molecule has 0 bridgehead atoms. The normalized spacial score (nSPS) is 15.9. The Balaban J connectivity index is 1.65. The Hall–Kier alpha value is -3.01. The summed E-state index contributed by atoms with van der Waals surface area (Å²) in [6, 6.07) is 16.8. The molecule has 0 amide bonds. The zero-order chi connectivity index (χ0) is 21.3. The molecule has 0 radical (unpaired) electrons. The fourth-order valence-corrected chi connectivity index (χ4v) is 4.86. The third-order valence-electron chi connectivity index (χ3n) is 5.18. The third kappa shape index (κ3) is 4.00. The summed E-state index contributed by atoms with van der Waals surface area (Å²) in [6.07, 6.45) is 0. The average Bonchev–Trinajstić information content (AvgIpc) is 2.74. The van der Waals surface area contributed by atoms with Gasteiger partial charge >= 0.3 is 5.69 Å². The smallest absolute Gasteiger partial charge is 0.312 e. The van der Waals surface area contributed by atoms with Gasteiger partial charge in [0.1, 0.15) is 5.75 Å². The summed E-state index contributed by atoms with van der Waals surface area (Å²) in [7, 11) is -1.89. The number of rotatable bonds is 5. The maximum Gasteiger partial charge on any atom is 0.312 e. The number of hydrogen-bond donors (Lipinski definition) is 0. The molecule has 0 atom stereocenters. The lowest BCUT2D eigenvalue weighted by atomic mass is 10.1. The lowest BCUT2D eigenvalue weighted by Crippen LogP contribution is -2.47. The number of likely N-dealkylation sites (N-methyl/N-ethyl adjacent to an activating group) is 1. The highest BCUT2D eigenvalue weighted by Gasteiger charge is 2.30. The predicted molar refractivity (Wildman–Crippen MR) is 113 cm³/mol. The van der Waals surface area contributed by atoms with Crippen LogP contribution in [0.15, 0.2) is 65.6 Å². The van der Waals surface area contributed by atoms with Gasteiger partial charge in [0.2, 0.25) is 15.8 Å². The van der Waals surface area contributed by atoms with Crippen LogP contribution in [0.5, 0.6) is 11.5 Å². The first-order valence-corrected chi connectivity index (χ1v) is 10.9. The van der Waals surface area contributed by atoms with E-state index >= 15 is 0 Å². The van der Waals surface area contributed by atoms with Crippen LogP contribution in [0, 0.1) is 10.1 Å². The van der Waals surface area contributed by atoms with Gasteiger partial charge < -0.3 is 9.64 Å². The molecule has 0 N–H and O–H groups in total. The molecule has 9 heteroatoms. The molecule has 1 aliphatic rings. The molecule has 0 saturated carbocycles. The molecule has 1 saturated heterocycles. The fourth-order valence-electron chi connectivity index (χ4n) is 3.42. The predicted octanol–water partition coefficient (Wildman–Crippen LogP) is 3.48. The first-order chi connectivity index (χ1) is 14.3. The first kappa shape index (κ1) is 20.3. The second-order valence-corrected chi connectivity index (χ2v) is 9.14. The van der Waals surface area contributed by atoms with E-state index in [0.717, 1.165) is 16.8 Å². The Morgan fingerprint density at radius 3 is 2.33 bits per heavy atom. The van der Waals surface area contributed by atoms with E-state index in [0.29, 0.717) is 31.9 Å². The molecular weight excluding hydrogens is 406 g/mol. The van der Waals surface area contributed by atoms with Gasteiger partial charge in [0.15, 0.2) is 0 Å². The van der Waals surface area contributed by atoms with Gasteiger partial charge in [0.05, 0.1) is 9.82 Å². The summed E-state index contributed by atoms with van der Waals surface area (Å²) in [4.78, 5) is 12.9. The molecule has 0 aliphatic carbocycles. The van der Waals surface area contributed by atoms with Crippen LogP contribution in [-0.4, -0.2) is 55.8 Å². The minimum Gasteiger partial charge on any atom is -0.450 e. The summed E-state index contributed by atoms with van der Waals surface area (Å²) < 4.78 is 33.0. The van der Waals surface area contributed by atoms with Gasteiger partial charge in [-0.15, -0.1) is 0 Å². The standard InChI is InChI=1S/C21H21N3O5S/c1-22-10-12-23(13-11-22)30(27,28)19-8-9-21(20(15-19)24(25)26)29-18-7-6-16-4-2-3-5-17(16)14-18/h2-9,14-15H,10-13H2,1H3. The zero-order valence-corrected chi connectivity index (χ0v) is 17.2. The largest absolute Gasteiger partial charge is 0.450 e. The lowest BCUT2D eigenvalue weighted by molar-refractivity contribution is -0.385. The SMILES string of the molecule is CN1CCN(S(=O)(=O)c2ccc(Oc3ccc4ccccc4c3)c([N+](=O)[O-])c2)CC1. The number of fused-ring (bicyclic) bond motifs is 1. The fraction of sp³-hybridized carbons (Fsp3) is 0.238. The maximum atomic E-state index is 12.9. The van der Waals surface area contributed by atoms with Gasteiger partial charge in [0.25, 0.3) is 0 Å². The number of ether oxygens (including phenoxy) is 1. The number of hydrogen-bond acceptors (Lipinski definition) is 6. The summed E-state index contributed by atoms with van der Waals surface area (Å²) in [6.45, 7) is 1.93. The molecule has 0 aromatic heterocycles. The minimum absolute atomic E-state index is 0.00684. The van der Waals surface area contributed by atoms with Gasteiger partial charge in [-0.05, 0) is 42.1 Å². The molecule has 1 aliphatic heterocycles. The van der Waals surface area contributed by atoms with E-state index in [1.807, 2.05) is 42.3 Å². The van der Waals surface area contributed by atoms with Crippen LogP contribution in [-0.2, 0) is 10.0 Å². The van der Waals surface area contributed by atoms with Crippen molar-refractivity contribution in [3.63, 3.8) is 0 Å². The summed E-state index contributed by atoms with van der Waals surface area (Å²) >= 11 is 0. The molecule has 1 fully saturated rings. The average molecular weight is 427 g/mol. The molecule has 30 heavy (non-hydrogen) atoms. The zero-order valence-electron chi connectivity index (χ0n) is 16.4. The van der Waals surface area contributed by atoms with Crippen molar-refractivity contribution in [2.75, 3.05) is 33.2 Å². The van der Waals surface area contributed by atoms with Crippen LogP contribution in [0.2, 0.25) is 0 Å². The molecule has 0 spiro atoms. The summed E-state index contributed by atoms with van der Waals surface area (Å²) in [5, 5.41) is 13.6. The number of sulfonamides is 1. The van der Waals surface area contributed by atoms with Crippen LogP contribution in [0.4, 0.5) is 5.69 Å². The van der Waals surface area contributed by atoms with Crippen molar-refractivity contribution in [3.05, 3.63) is 70.8 Å². The molecule has 156 valence electrons. The highest BCUT2D eigenvalue weighted by molar-refractivity contribution is 7.89. The Morgan fingerprint density at radius 2 is 1.63 bits per heavy atom. The quantitative estimate of drug-likeness (QED) is 0.457. The van der Waals surface area contributed by atoms with Crippen LogP contribution in [0.25, 0.3) is 10.8 Å². The number of piperazine rings is 1.